The smallest absolute Gasteiger partial charge is 0.305 e. The largest absolute Gasteiger partial charge is 0.481 e. The SMILES string of the molecule is Cn1ccnc1CN1CCC(OCCC(=O)O)CC1. The quantitative estimate of drug-likeness (QED) is 0.828. The third kappa shape index (κ3) is 4.33. The van der Waals surface area contributed by atoms with Gasteiger partial charge >= 0.3 is 5.97 Å². The molecule has 1 saturated heterocycles. The van der Waals surface area contributed by atoms with E-state index in [1.807, 2.05) is 24.0 Å². The molecule has 19 heavy (non-hydrogen) atoms. The second-order valence-corrected chi connectivity index (χ2v) is 4.94. The number of carbonyl (C=O) groups is 1. The second kappa shape index (κ2) is 6.68. The first-order valence-corrected chi connectivity index (χ1v) is 6.67. The Morgan fingerprint density at radius 2 is 2.26 bits per heavy atom. The average Bonchev–Trinajstić information content (AvgIpc) is 2.77. The highest BCUT2D eigenvalue weighted by Crippen LogP contribution is 2.15. The van der Waals surface area contributed by atoms with Gasteiger partial charge in [0.2, 0.25) is 0 Å². The molecule has 2 rings (SSSR count). The highest BCUT2D eigenvalue weighted by molar-refractivity contribution is 5.66. The molecule has 2 heterocycles. The van der Waals surface area contributed by atoms with Gasteiger partial charge in [-0.25, -0.2) is 4.98 Å². The van der Waals surface area contributed by atoms with Gasteiger partial charge in [-0.1, -0.05) is 0 Å². The molecule has 0 spiro atoms. The molecule has 6 nitrogen and oxygen atoms in total. The summed E-state index contributed by atoms with van der Waals surface area (Å²) >= 11 is 0. The highest BCUT2D eigenvalue weighted by Gasteiger charge is 2.20. The molecule has 0 radical (unpaired) electrons. The van der Waals surface area contributed by atoms with E-state index in [-0.39, 0.29) is 12.5 Å². The molecular formula is C13H21N3O3. The molecule has 6 heteroatoms. The van der Waals surface area contributed by atoms with Crippen LogP contribution < -0.4 is 0 Å². The van der Waals surface area contributed by atoms with Crippen molar-refractivity contribution in [3.63, 3.8) is 0 Å². The Morgan fingerprint density at radius 3 is 2.84 bits per heavy atom. The Morgan fingerprint density at radius 1 is 1.53 bits per heavy atom. The molecule has 1 aliphatic rings. The van der Waals surface area contributed by atoms with Crippen LogP contribution in [-0.4, -0.2) is 51.3 Å². The predicted octanol–water partition coefficient (Wildman–Crippen LogP) is 0.876. The van der Waals surface area contributed by atoms with E-state index >= 15 is 0 Å². The topological polar surface area (TPSA) is 67.6 Å². The van der Waals surface area contributed by atoms with E-state index in [1.54, 1.807) is 0 Å². The van der Waals surface area contributed by atoms with Gasteiger partial charge in [0, 0.05) is 32.5 Å². The standard InChI is InChI=1S/C13H21N3O3/c1-15-8-5-14-12(15)10-16-6-2-11(3-7-16)19-9-4-13(17)18/h5,8,11H,2-4,6-7,9-10H2,1H3,(H,17,18). The Labute approximate surface area is 113 Å². The number of imidazole rings is 1. The maximum Gasteiger partial charge on any atom is 0.305 e. The zero-order valence-corrected chi connectivity index (χ0v) is 11.3. The summed E-state index contributed by atoms with van der Waals surface area (Å²) in [6.45, 7) is 3.14. The molecule has 1 aliphatic heterocycles. The molecule has 1 aromatic rings. The molecule has 1 aromatic heterocycles. The lowest BCUT2D eigenvalue weighted by Gasteiger charge is -2.31. The number of carboxylic acids is 1. The average molecular weight is 267 g/mol. The highest BCUT2D eigenvalue weighted by atomic mass is 16.5. The molecule has 0 bridgehead atoms. The number of nitrogens with zero attached hydrogens (tertiary/aromatic N) is 3. The van der Waals surface area contributed by atoms with Crippen molar-refractivity contribution in [3.05, 3.63) is 18.2 Å². The maximum absolute atomic E-state index is 10.4. The van der Waals surface area contributed by atoms with E-state index < -0.39 is 5.97 Å². The number of aliphatic carboxylic acids is 1. The lowest BCUT2D eigenvalue weighted by Crippen LogP contribution is -2.37. The van der Waals surface area contributed by atoms with E-state index in [4.69, 9.17) is 9.84 Å². The molecular weight excluding hydrogens is 246 g/mol. The van der Waals surface area contributed by atoms with Gasteiger partial charge in [-0.05, 0) is 12.8 Å². The lowest BCUT2D eigenvalue weighted by atomic mass is 10.1. The number of rotatable bonds is 6. The van der Waals surface area contributed by atoms with Gasteiger partial charge in [-0.15, -0.1) is 0 Å². The van der Waals surface area contributed by atoms with Crippen LogP contribution in [0.1, 0.15) is 25.1 Å². The predicted molar refractivity (Wildman–Crippen MR) is 69.7 cm³/mol. The number of hydrogen-bond donors (Lipinski definition) is 1. The van der Waals surface area contributed by atoms with Crippen molar-refractivity contribution in [2.24, 2.45) is 7.05 Å². The Hall–Kier alpha value is -1.40. The van der Waals surface area contributed by atoms with Gasteiger partial charge in [0.05, 0.1) is 25.7 Å². The van der Waals surface area contributed by atoms with Crippen molar-refractivity contribution < 1.29 is 14.6 Å². The van der Waals surface area contributed by atoms with Crippen LogP contribution in [0.15, 0.2) is 12.4 Å². The van der Waals surface area contributed by atoms with Crippen molar-refractivity contribution in [1.29, 1.82) is 0 Å². The summed E-state index contributed by atoms with van der Waals surface area (Å²) < 4.78 is 7.61. The first kappa shape index (κ1) is 14.0. The Balaban J connectivity index is 1.68. The van der Waals surface area contributed by atoms with Crippen molar-refractivity contribution >= 4 is 5.97 Å². The van der Waals surface area contributed by atoms with Crippen molar-refractivity contribution in [3.8, 4) is 0 Å². The summed E-state index contributed by atoms with van der Waals surface area (Å²) in [6.07, 6.45) is 5.99. The summed E-state index contributed by atoms with van der Waals surface area (Å²) in [5, 5.41) is 8.56. The van der Waals surface area contributed by atoms with E-state index in [0.717, 1.165) is 38.3 Å². The number of carboxylic acid groups (broad SMARTS) is 1. The van der Waals surface area contributed by atoms with E-state index in [0.29, 0.717) is 6.61 Å². The Kier molecular flexibility index (Phi) is 4.93. The zero-order chi connectivity index (χ0) is 13.7. The van der Waals surface area contributed by atoms with Gasteiger partial charge < -0.3 is 14.4 Å². The number of aromatic nitrogens is 2. The monoisotopic (exact) mass is 267 g/mol. The summed E-state index contributed by atoms with van der Waals surface area (Å²) in [5.74, 6) is 0.275. The van der Waals surface area contributed by atoms with Gasteiger partial charge in [-0.3, -0.25) is 9.69 Å². The Bertz CT molecular complexity index is 411. The molecule has 0 atom stereocenters. The molecule has 0 amide bonds. The molecule has 0 saturated carbocycles. The number of ether oxygens (including phenoxy) is 1. The first-order chi connectivity index (χ1) is 9.15. The summed E-state index contributed by atoms with van der Waals surface area (Å²) in [5.41, 5.74) is 0. The van der Waals surface area contributed by atoms with Crippen molar-refractivity contribution in [1.82, 2.24) is 14.5 Å². The summed E-state index contributed by atoms with van der Waals surface area (Å²) in [7, 11) is 2.00. The van der Waals surface area contributed by atoms with Crippen molar-refractivity contribution in [2.45, 2.75) is 31.9 Å². The van der Waals surface area contributed by atoms with Crippen LogP contribution in [0.2, 0.25) is 0 Å². The molecule has 0 unspecified atom stereocenters. The maximum atomic E-state index is 10.4. The zero-order valence-electron chi connectivity index (χ0n) is 11.3. The fourth-order valence-corrected chi connectivity index (χ4v) is 2.30. The third-order valence-corrected chi connectivity index (χ3v) is 3.49. The summed E-state index contributed by atoms with van der Waals surface area (Å²) in [6, 6.07) is 0. The molecule has 0 aromatic carbocycles. The number of aryl methyl sites for hydroxylation is 1. The molecule has 106 valence electrons. The molecule has 1 N–H and O–H groups in total. The van der Waals surface area contributed by atoms with Crippen LogP contribution in [0.25, 0.3) is 0 Å². The lowest BCUT2D eigenvalue weighted by molar-refractivity contribution is -0.138. The van der Waals surface area contributed by atoms with E-state index in [2.05, 4.69) is 9.88 Å². The minimum atomic E-state index is -0.799. The minimum Gasteiger partial charge on any atom is -0.481 e. The summed E-state index contributed by atoms with van der Waals surface area (Å²) in [4.78, 5) is 17.1. The van der Waals surface area contributed by atoms with Crippen LogP contribution in [0, 0.1) is 0 Å². The van der Waals surface area contributed by atoms with Crippen LogP contribution in [-0.2, 0) is 23.1 Å². The third-order valence-electron chi connectivity index (χ3n) is 3.49. The van der Waals surface area contributed by atoms with Crippen LogP contribution in [0.3, 0.4) is 0 Å². The molecule has 1 fully saturated rings. The number of likely N-dealkylation sites (tertiary alicyclic amines) is 1. The van der Waals surface area contributed by atoms with Gasteiger partial charge in [-0.2, -0.15) is 0 Å². The van der Waals surface area contributed by atoms with E-state index in [9.17, 15) is 4.79 Å². The molecule has 0 aliphatic carbocycles. The van der Waals surface area contributed by atoms with Crippen LogP contribution in [0.5, 0.6) is 0 Å². The van der Waals surface area contributed by atoms with Crippen LogP contribution in [0.4, 0.5) is 0 Å². The van der Waals surface area contributed by atoms with Crippen molar-refractivity contribution in [2.75, 3.05) is 19.7 Å². The van der Waals surface area contributed by atoms with Gasteiger partial charge in [0.25, 0.3) is 0 Å². The van der Waals surface area contributed by atoms with Gasteiger partial charge in [0.15, 0.2) is 0 Å². The second-order valence-electron chi connectivity index (χ2n) is 4.94. The fourth-order valence-electron chi connectivity index (χ4n) is 2.30. The normalized spacial score (nSPS) is 17.7. The van der Waals surface area contributed by atoms with Crippen LogP contribution >= 0.6 is 0 Å². The van der Waals surface area contributed by atoms with E-state index in [1.165, 1.54) is 0 Å². The minimum absolute atomic E-state index is 0.0908. The number of hydrogen-bond acceptors (Lipinski definition) is 4. The first-order valence-electron chi connectivity index (χ1n) is 6.67. The number of piperidine rings is 1. The fraction of sp³-hybridized carbons (Fsp3) is 0.692. The van der Waals surface area contributed by atoms with Gasteiger partial charge in [0.1, 0.15) is 5.82 Å².